The Labute approximate surface area is 112 Å². The zero-order valence-corrected chi connectivity index (χ0v) is 10.6. The molecule has 0 aliphatic carbocycles. The SMILES string of the molecule is NC(N)(C1CO1)N(c1ccccc1)c1ccccc1. The molecule has 1 atom stereocenters. The number of rotatable bonds is 4. The number of anilines is 2. The van der Waals surface area contributed by atoms with Crippen LogP contribution < -0.4 is 16.4 Å². The lowest BCUT2D eigenvalue weighted by Gasteiger charge is -2.38. The highest BCUT2D eigenvalue weighted by Gasteiger charge is 2.46. The molecule has 2 aromatic rings. The first-order chi connectivity index (χ1) is 9.19. The van der Waals surface area contributed by atoms with Crippen molar-refractivity contribution in [3.63, 3.8) is 0 Å². The van der Waals surface area contributed by atoms with E-state index in [4.69, 9.17) is 16.2 Å². The summed E-state index contributed by atoms with van der Waals surface area (Å²) < 4.78 is 5.31. The molecule has 0 spiro atoms. The molecule has 0 bridgehead atoms. The van der Waals surface area contributed by atoms with E-state index in [0.29, 0.717) is 6.61 Å². The zero-order valence-electron chi connectivity index (χ0n) is 10.6. The van der Waals surface area contributed by atoms with Crippen molar-refractivity contribution >= 4 is 11.4 Å². The molecule has 1 aliphatic heterocycles. The van der Waals surface area contributed by atoms with Crippen molar-refractivity contribution in [3.8, 4) is 0 Å². The quantitative estimate of drug-likeness (QED) is 0.645. The van der Waals surface area contributed by atoms with Gasteiger partial charge in [0, 0.05) is 11.4 Å². The van der Waals surface area contributed by atoms with Gasteiger partial charge in [0.05, 0.1) is 6.61 Å². The Kier molecular flexibility index (Phi) is 2.98. The molecule has 19 heavy (non-hydrogen) atoms. The summed E-state index contributed by atoms with van der Waals surface area (Å²) in [5, 5.41) is 0. The molecule has 2 aromatic carbocycles. The van der Waals surface area contributed by atoms with Gasteiger partial charge in [-0.25, -0.2) is 0 Å². The van der Waals surface area contributed by atoms with Crippen molar-refractivity contribution < 1.29 is 4.74 Å². The Hall–Kier alpha value is -1.88. The lowest BCUT2D eigenvalue weighted by Crippen LogP contribution is -2.65. The third kappa shape index (κ3) is 2.33. The van der Waals surface area contributed by atoms with Crippen LogP contribution >= 0.6 is 0 Å². The molecule has 0 amide bonds. The van der Waals surface area contributed by atoms with Gasteiger partial charge in [-0.15, -0.1) is 0 Å². The summed E-state index contributed by atoms with van der Waals surface area (Å²) in [5.74, 6) is -1.05. The number of nitrogens with zero attached hydrogens (tertiary/aromatic N) is 1. The van der Waals surface area contributed by atoms with E-state index >= 15 is 0 Å². The van der Waals surface area contributed by atoms with Crippen molar-refractivity contribution in [2.75, 3.05) is 11.5 Å². The molecule has 1 heterocycles. The zero-order chi connectivity index (χ0) is 13.3. The predicted octanol–water partition coefficient (Wildman–Crippen LogP) is 1.79. The second kappa shape index (κ2) is 4.66. The molecule has 98 valence electrons. The van der Waals surface area contributed by atoms with Crippen LogP contribution in [0.5, 0.6) is 0 Å². The van der Waals surface area contributed by atoms with Crippen LogP contribution in [0.25, 0.3) is 0 Å². The van der Waals surface area contributed by atoms with Gasteiger partial charge in [0.15, 0.2) is 5.79 Å². The number of nitrogens with two attached hydrogens (primary N) is 2. The first-order valence-corrected chi connectivity index (χ1v) is 6.29. The van der Waals surface area contributed by atoms with Gasteiger partial charge >= 0.3 is 0 Å². The van der Waals surface area contributed by atoms with Crippen LogP contribution in [0.4, 0.5) is 11.4 Å². The lowest BCUT2D eigenvalue weighted by molar-refractivity contribution is 0.295. The Morgan fingerprint density at radius 3 is 1.68 bits per heavy atom. The van der Waals surface area contributed by atoms with Gasteiger partial charge in [-0.1, -0.05) is 36.4 Å². The van der Waals surface area contributed by atoms with E-state index in [9.17, 15) is 0 Å². The summed E-state index contributed by atoms with van der Waals surface area (Å²) in [7, 11) is 0. The van der Waals surface area contributed by atoms with Crippen LogP contribution in [0.2, 0.25) is 0 Å². The molecular weight excluding hydrogens is 238 g/mol. The van der Waals surface area contributed by atoms with E-state index in [1.807, 2.05) is 65.6 Å². The average Bonchev–Trinajstić information content (AvgIpc) is 3.26. The summed E-state index contributed by atoms with van der Waals surface area (Å²) in [5.41, 5.74) is 14.5. The molecule has 4 nitrogen and oxygen atoms in total. The minimum absolute atomic E-state index is 0.145. The second-order valence-corrected chi connectivity index (χ2v) is 4.72. The maximum absolute atomic E-state index is 6.31. The fourth-order valence-corrected chi connectivity index (χ4v) is 2.21. The van der Waals surface area contributed by atoms with Crippen LogP contribution in [0.3, 0.4) is 0 Å². The second-order valence-electron chi connectivity index (χ2n) is 4.72. The number of epoxide rings is 1. The van der Waals surface area contributed by atoms with Gasteiger partial charge in [0.1, 0.15) is 6.10 Å². The van der Waals surface area contributed by atoms with Gasteiger partial charge < -0.3 is 9.64 Å². The maximum Gasteiger partial charge on any atom is 0.175 e. The molecule has 3 rings (SSSR count). The minimum Gasteiger partial charge on any atom is -0.367 e. The largest absolute Gasteiger partial charge is 0.367 e. The molecule has 0 saturated carbocycles. The third-order valence-electron chi connectivity index (χ3n) is 3.27. The summed E-state index contributed by atoms with van der Waals surface area (Å²) >= 11 is 0. The summed E-state index contributed by atoms with van der Waals surface area (Å²) in [6.45, 7) is 0.600. The van der Waals surface area contributed by atoms with Crippen molar-refractivity contribution in [3.05, 3.63) is 60.7 Å². The van der Waals surface area contributed by atoms with Crippen LogP contribution in [0.15, 0.2) is 60.7 Å². The van der Waals surface area contributed by atoms with E-state index in [1.54, 1.807) is 0 Å². The number of ether oxygens (including phenoxy) is 1. The minimum atomic E-state index is -1.05. The van der Waals surface area contributed by atoms with Crippen molar-refractivity contribution in [2.24, 2.45) is 11.5 Å². The van der Waals surface area contributed by atoms with Crippen LogP contribution in [-0.2, 0) is 4.74 Å². The first-order valence-electron chi connectivity index (χ1n) is 6.29. The van der Waals surface area contributed by atoms with Gasteiger partial charge in [-0.3, -0.25) is 11.5 Å². The number of para-hydroxylation sites is 2. The fourth-order valence-electron chi connectivity index (χ4n) is 2.21. The van der Waals surface area contributed by atoms with Gasteiger partial charge in [0.25, 0.3) is 0 Å². The number of benzene rings is 2. The molecule has 1 fully saturated rings. The van der Waals surface area contributed by atoms with E-state index in [1.165, 1.54) is 0 Å². The topological polar surface area (TPSA) is 67.8 Å². The summed E-state index contributed by atoms with van der Waals surface area (Å²) in [6.07, 6.45) is -0.145. The number of hydrogen-bond donors (Lipinski definition) is 2. The Balaban J connectivity index is 2.06. The highest BCUT2D eigenvalue weighted by atomic mass is 16.6. The Morgan fingerprint density at radius 1 is 0.895 bits per heavy atom. The predicted molar refractivity (Wildman–Crippen MR) is 75.9 cm³/mol. The van der Waals surface area contributed by atoms with Gasteiger partial charge in [-0.05, 0) is 24.3 Å². The van der Waals surface area contributed by atoms with Gasteiger partial charge in [0.2, 0.25) is 0 Å². The van der Waals surface area contributed by atoms with Crippen LogP contribution in [0.1, 0.15) is 0 Å². The number of hydrogen-bond acceptors (Lipinski definition) is 4. The van der Waals surface area contributed by atoms with Crippen LogP contribution in [0, 0.1) is 0 Å². The molecule has 0 aromatic heterocycles. The molecular formula is C15H17N3O. The molecule has 1 aliphatic rings. The third-order valence-corrected chi connectivity index (χ3v) is 3.27. The summed E-state index contributed by atoms with van der Waals surface area (Å²) in [4.78, 5) is 1.92. The lowest BCUT2D eigenvalue weighted by atomic mass is 10.1. The van der Waals surface area contributed by atoms with E-state index < -0.39 is 5.79 Å². The van der Waals surface area contributed by atoms with Crippen molar-refractivity contribution in [2.45, 2.75) is 11.9 Å². The summed E-state index contributed by atoms with van der Waals surface area (Å²) in [6, 6.07) is 19.8. The molecule has 4 heteroatoms. The van der Waals surface area contributed by atoms with Crippen LogP contribution in [-0.4, -0.2) is 18.5 Å². The maximum atomic E-state index is 6.31. The highest BCUT2D eigenvalue weighted by Crippen LogP contribution is 2.33. The monoisotopic (exact) mass is 255 g/mol. The van der Waals surface area contributed by atoms with E-state index in [0.717, 1.165) is 11.4 Å². The molecule has 1 unspecified atom stereocenters. The van der Waals surface area contributed by atoms with Crippen molar-refractivity contribution in [1.82, 2.24) is 0 Å². The van der Waals surface area contributed by atoms with E-state index in [-0.39, 0.29) is 6.10 Å². The smallest absolute Gasteiger partial charge is 0.175 e. The van der Waals surface area contributed by atoms with Gasteiger partial charge in [-0.2, -0.15) is 0 Å². The average molecular weight is 255 g/mol. The first kappa shape index (κ1) is 12.2. The molecule has 4 N–H and O–H groups in total. The van der Waals surface area contributed by atoms with Crippen molar-refractivity contribution in [1.29, 1.82) is 0 Å². The standard InChI is InChI=1S/C15H17N3O/c16-15(17,14-11-19-14)18(12-7-3-1-4-8-12)13-9-5-2-6-10-13/h1-10,14H,11,16-17H2. The van der Waals surface area contributed by atoms with E-state index in [2.05, 4.69) is 0 Å². The molecule has 0 radical (unpaired) electrons. The Bertz CT molecular complexity index is 498. The molecule has 1 saturated heterocycles. The highest BCUT2D eigenvalue weighted by molar-refractivity contribution is 5.65. The fraction of sp³-hybridized carbons (Fsp3) is 0.200. The Morgan fingerprint density at radius 2 is 1.32 bits per heavy atom. The normalized spacial score (nSPS) is 18.1.